The molecule has 0 aliphatic carbocycles. The zero-order chi connectivity index (χ0) is 17.3. The van der Waals surface area contributed by atoms with Gasteiger partial charge in [-0.3, -0.25) is 19.7 Å². The van der Waals surface area contributed by atoms with Gasteiger partial charge in [-0.1, -0.05) is 11.6 Å². The third-order valence-corrected chi connectivity index (χ3v) is 3.79. The largest absolute Gasteiger partial charge is 0.378 e. The molecule has 2 heterocycles. The molecule has 0 fully saturated rings. The van der Waals surface area contributed by atoms with Crippen LogP contribution in [0, 0.1) is 6.92 Å². The van der Waals surface area contributed by atoms with Crippen LogP contribution in [-0.2, 0) is 11.3 Å². The average molecular weight is 344 g/mol. The van der Waals surface area contributed by atoms with Gasteiger partial charge in [-0.2, -0.15) is 5.10 Å². The predicted octanol–water partition coefficient (Wildman–Crippen LogP) is 3.13. The van der Waals surface area contributed by atoms with E-state index >= 15 is 0 Å². The number of carbonyl (C=O) groups is 2. The van der Waals surface area contributed by atoms with Crippen molar-refractivity contribution in [3.05, 3.63) is 58.0 Å². The number of benzene rings is 1. The number of hydrogen-bond donors (Lipinski definition) is 1. The Bertz CT molecular complexity index is 949. The Balaban J connectivity index is 2.12. The molecule has 0 bridgehead atoms. The van der Waals surface area contributed by atoms with Crippen LogP contribution >= 0.6 is 11.6 Å². The lowest BCUT2D eigenvalue weighted by Gasteiger charge is -2.06. The molecule has 122 valence electrons. The minimum Gasteiger partial charge on any atom is -0.378 e. The summed E-state index contributed by atoms with van der Waals surface area (Å²) in [4.78, 5) is 29.2. The molecule has 6 nitrogen and oxygen atoms in total. The van der Waals surface area contributed by atoms with E-state index in [1.54, 1.807) is 13.2 Å². The number of methoxy groups -OCH3 is 1. The number of rotatable bonds is 5. The normalized spacial score (nSPS) is 11.0. The highest BCUT2D eigenvalue weighted by Crippen LogP contribution is 2.25. The molecule has 0 spiro atoms. The molecule has 0 radical (unpaired) electrons. The van der Waals surface area contributed by atoms with Gasteiger partial charge >= 0.3 is 0 Å². The molecule has 0 aliphatic rings. The van der Waals surface area contributed by atoms with Crippen molar-refractivity contribution in [2.45, 2.75) is 13.5 Å². The topological polar surface area (TPSA) is 84.9 Å². The van der Waals surface area contributed by atoms with Gasteiger partial charge in [0.15, 0.2) is 0 Å². The Labute approximate surface area is 142 Å². The van der Waals surface area contributed by atoms with Gasteiger partial charge in [0.25, 0.3) is 0 Å². The number of aromatic amines is 1. The van der Waals surface area contributed by atoms with Gasteiger partial charge in [-0.25, -0.2) is 0 Å². The predicted molar refractivity (Wildman–Crippen MR) is 89.5 cm³/mol. The molecule has 0 atom stereocenters. The van der Waals surface area contributed by atoms with Crippen molar-refractivity contribution in [1.82, 2.24) is 15.2 Å². The van der Waals surface area contributed by atoms with Gasteiger partial charge < -0.3 is 4.74 Å². The number of nitrogens with zero attached hydrogens (tertiary/aromatic N) is 2. The lowest BCUT2D eigenvalue weighted by Crippen LogP contribution is -2.15. The number of Topliss-reactive ketones (excluding diaryl/α,β-unsaturated/α-hetero) is 2. The van der Waals surface area contributed by atoms with Gasteiger partial charge in [0, 0.05) is 36.0 Å². The Kier molecular flexibility index (Phi) is 4.42. The van der Waals surface area contributed by atoms with E-state index in [-0.39, 0.29) is 17.7 Å². The van der Waals surface area contributed by atoms with Gasteiger partial charge in [0.05, 0.1) is 22.8 Å². The first-order valence-corrected chi connectivity index (χ1v) is 7.55. The van der Waals surface area contributed by atoms with E-state index in [1.165, 1.54) is 18.5 Å². The standard InChI is InChI=1S/C17H14ClN3O3/c1-9-3-12(15-13(4-9)20-21-14(15)8-24-2)17(23)16(22)10-5-11(18)7-19-6-10/h3-7H,8H2,1-2H3,(H,20,21). The molecule has 0 amide bonds. The summed E-state index contributed by atoms with van der Waals surface area (Å²) in [6.45, 7) is 2.10. The monoisotopic (exact) mass is 343 g/mol. The first kappa shape index (κ1) is 16.3. The Morgan fingerprint density at radius 1 is 1.21 bits per heavy atom. The van der Waals surface area contributed by atoms with Crippen LogP contribution in [-0.4, -0.2) is 33.9 Å². The van der Waals surface area contributed by atoms with Crippen LogP contribution < -0.4 is 0 Å². The van der Waals surface area contributed by atoms with Gasteiger partial charge in [-0.05, 0) is 30.7 Å². The Hall–Kier alpha value is -2.57. The first-order valence-electron chi connectivity index (χ1n) is 7.17. The van der Waals surface area contributed by atoms with E-state index in [4.69, 9.17) is 16.3 Å². The zero-order valence-corrected chi connectivity index (χ0v) is 13.8. The maximum atomic E-state index is 12.8. The molecule has 24 heavy (non-hydrogen) atoms. The highest BCUT2D eigenvalue weighted by molar-refractivity contribution is 6.51. The van der Waals surface area contributed by atoms with Crippen LogP contribution in [0.25, 0.3) is 10.9 Å². The molecule has 3 aromatic rings. The molecule has 0 saturated carbocycles. The van der Waals surface area contributed by atoms with E-state index in [0.717, 1.165) is 5.56 Å². The quantitative estimate of drug-likeness (QED) is 0.568. The van der Waals surface area contributed by atoms with Crippen LogP contribution in [0.1, 0.15) is 32.0 Å². The minimum atomic E-state index is -0.665. The molecule has 1 N–H and O–H groups in total. The van der Waals surface area contributed by atoms with E-state index in [2.05, 4.69) is 15.2 Å². The number of aryl methyl sites for hydroxylation is 1. The summed E-state index contributed by atoms with van der Waals surface area (Å²) in [6.07, 6.45) is 2.73. The second-order valence-corrected chi connectivity index (χ2v) is 5.83. The molecule has 0 saturated heterocycles. The number of hydrogen-bond acceptors (Lipinski definition) is 5. The van der Waals surface area contributed by atoms with Gasteiger partial charge in [0.1, 0.15) is 0 Å². The third-order valence-electron chi connectivity index (χ3n) is 3.58. The minimum absolute atomic E-state index is 0.152. The number of carbonyl (C=O) groups excluding carboxylic acids is 2. The summed E-state index contributed by atoms with van der Waals surface area (Å²) in [5, 5.41) is 7.93. The van der Waals surface area contributed by atoms with Crippen molar-refractivity contribution in [2.75, 3.05) is 7.11 Å². The van der Waals surface area contributed by atoms with Crippen LogP contribution in [0.4, 0.5) is 0 Å². The van der Waals surface area contributed by atoms with Crippen LogP contribution in [0.5, 0.6) is 0 Å². The summed E-state index contributed by atoms with van der Waals surface area (Å²) < 4.78 is 5.13. The summed E-state index contributed by atoms with van der Waals surface area (Å²) in [5.74, 6) is -1.30. The fraction of sp³-hybridized carbons (Fsp3) is 0.176. The summed E-state index contributed by atoms with van der Waals surface area (Å²) in [6, 6.07) is 4.94. The van der Waals surface area contributed by atoms with Gasteiger partial charge in [0.2, 0.25) is 11.6 Å². The molecule has 7 heteroatoms. The molecule has 1 aromatic carbocycles. The zero-order valence-electron chi connectivity index (χ0n) is 13.1. The van der Waals surface area contributed by atoms with E-state index in [0.29, 0.717) is 21.6 Å². The lowest BCUT2D eigenvalue weighted by molar-refractivity contribution is 0.0817. The lowest BCUT2D eigenvalue weighted by atomic mass is 9.96. The average Bonchev–Trinajstić information content (AvgIpc) is 2.96. The van der Waals surface area contributed by atoms with Crippen molar-refractivity contribution < 1.29 is 14.3 Å². The van der Waals surface area contributed by atoms with Crippen molar-refractivity contribution in [3.63, 3.8) is 0 Å². The maximum Gasteiger partial charge on any atom is 0.235 e. The first-order chi connectivity index (χ1) is 11.5. The summed E-state index contributed by atoms with van der Waals surface area (Å²) in [5.41, 5.74) is 2.53. The number of aromatic nitrogens is 3. The smallest absolute Gasteiger partial charge is 0.235 e. The van der Waals surface area contributed by atoms with E-state index in [9.17, 15) is 9.59 Å². The highest BCUT2D eigenvalue weighted by atomic mass is 35.5. The fourth-order valence-corrected chi connectivity index (χ4v) is 2.75. The second-order valence-electron chi connectivity index (χ2n) is 5.39. The maximum absolute atomic E-state index is 12.8. The molecular formula is C17H14ClN3O3. The number of fused-ring (bicyclic) bond motifs is 1. The van der Waals surface area contributed by atoms with Gasteiger partial charge in [-0.15, -0.1) is 0 Å². The fourth-order valence-electron chi connectivity index (χ4n) is 2.57. The Morgan fingerprint density at radius 2 is 2.00 bits per heavy atom. The SMILES string of the molecule is COCc1[nH]nc2cc(C)cc(C(=O)C(=O)c3cncc(Cl)c3)c12. The molecular weight excluding hydrogens is 330 g/mol. The highest BCUT2D eigenvalue weighted by Gasteiger charge is 2.24. The Morgan fingerprint density at radius 3 is 2.71 bits per heavy atom. The number of H-pyrrole nitrogens is 1. The van der Waals surface area contributed by atoms with Crippen LogP contribution in [0.3, 0.4) is 0 Å². The van der Waals surface area contributed by atoms with Crippen LogP contribution in [0.15, 0.2) is 30.6 Å². The number of nitrogens with one attached hydrogen (secondary N) is 1. The second kappa shape index (κ2) is 6.51. The van der Waals surface area contributed by atoms with Crippen molar-refractivity contribution >= 4 is 34.1 Å². The third kappa shape index (κ3) is 2.93. The molecule has 0 aliphatic heterocycles. The molecule has 3 rings (SSSR count). The number of ether oxygens (including phenoxy) is 1. The number of pyridine rings is 1. The van der Waals surface area contributed by atoms with E-state index in [1.807, 2.05) is 13.0 Å². The van der Waals surface area contributed by atoms with Crippen molar-refractivity contribution in [2.24, 2.45) is 0 Å². The molecule has 2 aromatic heterocycles. The number of halogens is 1. The van der Waals surface area contributed by atoms with E-state index < -0.39 is 11.6 Å². The summed E-state index contributed by atoms with van der Waals surface area (Å²) in [7, 11) is 1.55. The van der Waals surface area contributed by atoms with Crippen LogP contribution in [0.2, 0.25) is 5.02 Å². The molecule has 0 unspecified atom stereocenters. The summed E-state index contributed by atoms with van der Waals surface area (Å²) >= 11 is 5.85. The number of ketones is 2. The van der Waals surface area contributed by atoms with Crippen molar-refractivity contribution in [3.8, 4) is 0 Å². The van der Waals surface area contributed by atoms with Crippen molar-refractivity contribution in [1.29, 1.82) is 0 Å².